The molecule has 0 radical (unpaired) electrons. The summed E-state index contributed by atoms with van der Waals surface area (Å²) in [6.07, 6.45) is 0. The Kier molecular flexibility index (Phi) is 3.59. The van der Waals surface area contributed by atoms with Crippen molar-refractivity contribution in [2.24, 2.45) is 0 Å². The molecule has 0 aliphatic rings. The van der Waals surface area contributed by atoms with Crippen LogP contribution in [0.4, 0.5) is 8.78 Å². The van der Waals surface area contributed by atoms with E-state index in [0.29, 0.717) is 27.4 Å². The number of nitrogens with zero attached hydrogens (tertiary/aromatic N) is 2. The molecule has 2 nitrogen and oxygen atoms in total. The second-order valence-electron chi connectivity index (χ2n) is 4.66. The van der Waals surface area contributed by atoms with Crippen LogP contribution in [0.1, 0.15) is 11.4 Å². The molecular formula is C15H10Cl2F2N2. The lowest BCUT2D eigenvalue weighted by atomic mass is 10.2. The number of aromatic nitrogens is 2. The summed E-state index contributed by atoms with van der Waals surface area (Å²) in [5.41, 5.74) is 1.27. The maximum atomic E-state index is 14.4. The summed E-state index contributed by atoms with van der Waals surface area (Å²) in [6.45, 7) is 1.58. The molecule has 0 saturated carbocycles. The van der Waals surface area contributed by atoms with E-state index >= 15 is 0 Å². The molecule has 0 fully saturated rings. The molecule has 0 spiro atoms. The Morgan fingerprint density at radius 3 is 2.67 bits per heavy atom. The number of benzene rings is 2. The number of alkyl halides is 1. The molecule has 0 amide bonds. The number of halogens is 4. The van der Waals surface area contributed by atoms with E-state index in [9.17, 15) is 8.78 Å². The molecule has 0 aliphatic carbocycles. The van der Waals surface area contributed by atoms with Gasteiger partial charge in [0.15, 0.2) is 5.82 Å². The normalized spacial score (nSPS) is 11.3. The van der Waals surface area contributed by atoms with E-state index in [-0.39, 0.29) is 11.6 Å². The zero-order chi connectivity index (χ0) is 15.1. The summed E-state index contributed by atoms with van der Waals surface area (Å²) in [6, 6.07) is 7.57. The van der Waals surface area contributed by atoms with Crippen LogP contribution in [-0.4, -0.2) is 9.55 Å². The van der Waals surface area contributed by atoms with Gasteiger partial charge in [-0.25, -0.2) is 13.8 Å². The Labute approximate surface area is 129 Å². The second kappa shape index (κ2) is 5.28. The Morgan fingerprint density at radius 2 is 1.95 bits per heavy atom. The smallest absolute Gasteiger partial charge is 0.153 e. The molecular weight excluding hydrogens is 317 g/mol. The van der Waals surface area contributed by atoms with Crippen molar-refractivity contribution in [3.05, 3.63) is 58.4 Å². The monoisotopic (exact) mass is 326 g/mol. The van der Waals surface area contributed by atoms with Crippen LogP contribution in [0.5, 0.6) is 0 Å². The predicted octanol–water partition coefficient (Wildman–Crippen LogP) is 5.00. The van der Waals surface area contributed by atoms with E-state index in [1.165, 1.54) is 16.7 Å². The van der Waals surface area contributed by atoms with Gasteiger partial charge in [-0.05, 0) is 36.8 Å². The molecule has 0 atom stereocenters. The van der Waals surface area contributed by atoms with E-state index in [2.05, 4.69) is 4.98 Å². The van der Waals surface area contributed by atoms with Gasteiger partial charge in [-0.15, -0.1) is 11.6 Å². The molecule has 108 valence electrons. The predicted molar refractivity (Wildman–Crippen MR) is 80.3 cm³/mol. The number of rotatable bonds is 2. The fourth-order valence-electron chi connectivity index (χ4n) is 2.29. The van der Waals surface area contributed by atoms with Gasteiger partial charge in [-0.2, -0.15) is 0 Å². The lowest BCUT2D eigenvalue weighted by molar-refractivity contribution is 0.563. The van der Waals surface area contributed by atoms with Gasteiger partial charge in [0.2, 0.25) is 0 Å². The highest BCUT2D eigenvalue weighted by molar-refractivity contribution is 6.31. The minimum atomic E-state index is -0.668. The molecule has 21 heavy (non-hydrogen) atoms. The van der Waals surface area contributed by atoms with Gasteiger partial charge >= 0.3 is 0 Å². The fraction of sp³-hybridized carbons (Fsp3) is 0.133. The van der Waals surface area contributed by atoms with Crippen LogP contribution in [0.3, 0.4) is 0 Å². The summed E-state index contributed by atoms with van der Waals surface area (Å²) in [5.74, 6) is -0.911. The Morgan fingerprint density at radius 1 is 1.19 bits per heavy atom. The molecule has 0 unspecified atom stereocenters. The van der Waals surface area contributed by atoms with E-state index in [1.807, 2.05) is 0 Å². The average molecular weight is 327 g/mol. The molecule has 3 rings (SSSR count). The van der Waals surface area contributed by atoms with Crippen molar-refractivity contribution in [2.75, 3.05) is 0 Å². The van der Waals surface area contributed by atoms with Gasteiger partial charge in [-0.3, -0.25) is 4.57 Å². The zero-order valence-corrected chi connectivity index (χ0v) is 12.5. The lowest BCUT2D eigenvalue weighted by Crippen LogP contribution is -2.06. The molecule has 1 aromatic heterocycles. The molecule has 2 aromatic carbocycles. The summed E-state index contributed by atoms with van der Waals surface area (Å²) >= 11 is 11.8. The van der Waals surface area contributed by atoms with Crippen molar-refractivity contribution in [1.29, 1.82) is 0 Å². The van der Waals surface area contributed by atoms with Crippen LogP contribution >= 0.6 is 23.2 Å². The highest BCUT2D eigenvalue weighted by atomic mass is 35.5. The van der Waals surface area contributed by atoms with Crippen LogP contribution in [0.2, 0.25) is 5.02 Å². The van der Waals surface area contributed by atoms with Gasteiger partial charge < -0.3 is 0 Å². The molecule has 0 aliphatic heterocycles. The van der Waals surface area contributed by atoms with E-state index in [4.69, 9.17) is 23.2 Å². The number of fused-ring (bicyclic) bond motifs is 1. The first-order valence-electron chi connectivity index (χ1n) is 6.20. The third-order valence-corrected chi connectivity index (χ3v) is 3.76. The highest BCUT2D eigenvalue weighted by Gasteiger charge is 2.20. The van der Waals surface area contributed by atoms with Crippen molar-refractivity contribution >= 4 is 34.2 Å². The zero-order valence-electron chi connectivity index (χ0n) is 11.0. The summed E-state index contributed by atoms with van der Waals surface area (Å²) < 4.78 is 30.0. The van der Waals surface area contributed by atoms with Crippen LogP contribution in [0.25, 0.3) is 16.7 Å². The Balaban J connectivity index is 2.42. The standard InChI is InChI=1S/C15H10Cl2F2N2/c1-8-2-4-10(18)15(14(8)19)21-12-5-3-9(17)6-11(12)20-13(21)7-16/h2-6H,7H2,1H3. The van der Waals surface area contributed by atoms with Gasteiger partial charge in [0.05, 0.1) is 16.9 Å². The van der Waals surface area contributed by atoms with Crippen LogP contribution in [0, 0.1) is 18.6 Å². The summed E-state index contributed by atoms with van der Waals surface area (Å²) in [5, 5.41) is 0.499. The Hall–Kier alpha value is -1.65. The third kappa shape index (κ3) is 2.28. The number of imidazole rings is 1. The second-order valence-corrected chi connectivity index (χ2v) is 5.36. The summed E-state index contributed by atoms with van der Waals surface area (Å²) in [7, 11) is 0. The first-order chi connectivity index (χ1) is 10.0. The molecule has 6 heteroatoms. The quantitative estimate of drug-likeness (QED) is 0.605. The van der Waals surface area contributed by atoms with Crippen LogP contribution in [-0.2, 0) is 5.88 Å². The maximum absolute atomic E-state index is 14.4. The third-order valence-electron chi connectivity index (χ3n) is 3.29. The number of hydrogen-bond acceptors (Lipinski definition) is 1. The van der Waals surface area contributed by atoms with Gasteiger partial charge in [0.1, 0.15) is 17.3 Å². The van der Waals surface area contributed by atoms with Crippen molar-refractivity contribution in [3.63, 3.8) is 0 Å². The van der Waals surface area contributed by atoms with Crippen LogP contribution in [0.15, 0.2) is 30.3 Å². The van der Waals surface area contributed by atoms with Crippen molar-refractivity contribution < 1.29 is 8.78 Å². The van der Waals surface area contributed by atoms with Gasteiger partial charge in [0, 0.05) is 5.02 Å². The van der Waals surface area contributed by atoms with Gasteiger partial charge in [-0.1, -0.05) is 17.7 Å². The van der Waals surface area contributed by atoms with Crippen molar-refractivity contribution in [1.82, 2.24) is 9.55 Å². The minimum absolute atomic E-state index is 0.0269. The molecule has 0 bridgehead atoms. The summed E-state index contributed by atoms with van der Waals surface area (Å²) in [4.78, 5) is 4.29. The number of hydrogen-bond donors (Lipinski definition) is 0. The minimum Gasteiger partial charge on any atom is -0.290 e. The van der Waals surface area contributed by atoms with E-state index in [1.54, 1.807) is 25.1 Å². The number of aryl methyl sites for hydroxylation is 1. The topological polar surface area (TPSA) is 17.8 Å². The highest BCUT2D eigenvalue weighted by Crippen LogP contribution is 2.29. The van der Waals surface area contributed by atoms with Crippen molar-refractivity contribution in [2.45, 2.75) is 12.8 Å². The van der Waals surface area contributed by atoms with Crippen LogP contribution < -0.4 is 0 Å². The Bertz CT molecular complexity index is 843. The first-order valence-corrected chi connectivity index (χ1v) is 7.12. The molecule has 0 N–H and O–H groups in total. The van der Waals surface area contributed by atoms with Gasteiger partial charge in [0.25, 0.3) is 0 Å². The fourth-order valence-corrected chi connectivity index (χ4v) is 2.63. The maximum Gasteiger partial charge on any atom is 0.153 e. The largest absolute Gasteiger partial charge is 0.290 e. The molecule has 1 heterocycles. The van der Waals surface area contributed by atoms with E-state index in [0.717, 1.165) is 0 Å². The lowest BCUT2D eigenvalue weighted by Gasteiger charge is -2.11. The SMILES string of the molecule is Cc1ccc(F)c(-n2c(CCl)nc3cc(Cl)ccc32)c1F. The molecule has 3 aromatic rings. The van der Waals surface area contributed by atoms with Crippen molar-refractivity contribution in [3.8, 4) is 5.69 Å². The average Bonchev–Trinajstić information content (AvgIpc) is 2.81. The van der Waals surface area contributed by atoms with E-state index < -0.39 is 11.6 Å². The molecule has 0 saturated heterocycles. The first kappa shape index (κ1) is 14.3.